The largest absolute Gasteiger partial charge is 0.469 e. The fourth-order valence-corrected chi connectivity index (χ4v) is 6.40. The van der Waals surface area contributed by atoms with Crippen molar-refractivity contribution < 1.29 is 43.0 Å². The molecule has 0 aromatic rings. The second kappa shape index (κ2) is 37.2. The zero-order valence-electron chi connectivity index (χ0n) is 33.9. The van der Waals surface area contributed by atoms with Crippen LogP contribution in [0, 0.1) is 5.92 Å². The highest BCUT2D eigenvalue weighted by Crippen LogP contribution is 2.36. The second-order valence-corrected chi connectivity index (χ2v) is 16.2. The number of phosphoric ester groups is 1. The lowest BCUT2D eigenvalue weighted by molar-refractivity contribution is -0.161. The van der Waals surface area contributed by atoms with Crippen LogP contribution >= 0.6 is 7.82 Å². The van der Waals surface area contributed by atoms with Gasteiger partial charge in [-0.15, -0.1) is 0 Å². The van der Waals surface area contributed by atoms with Gasteiger partial charge in [-0.2, -0.15) is 0 Å². The van der Waals surface area contributed by atoms with E-state index in [1.807, 2.05) is 18.2 Å². The molecule has 3 N–H and O–H groups in total. The van der Waals surface area contributed by atoms with Crippen molar-refractivity contribution in [1.82, 2.24) is 0 Å². The molecule has 2 atom stereocenters. The van der Waals surface area contributed by atoms with E-state index >= 15 is 0 Å². The lowest BCUT2D eigenvalue weighted by atomic mass is 10.0. The minimum Gasteiger partial charge on any atom is -0.462 e. The molecule has 0 aromatic heterocycles. The first-order valence-corrected chi connectivity index (χ1v) is 22.8. The second-order valence-electron chi connectivity index (χ2n) is 15.0. The number of phosphoric acid groups is 1. The van der Waals surface area contributed by atoms with Crippen molar-refractivity contribution in [2.75, 3.05) is 13.2 Å². The van der Waals surface area contributed by atoms with E-state index in [-0.39, 0.29) is 19.4 Å². The van der Waals surface area contributed by atoms with Crippen molar-refractivity contribution >= 4 is 19.8 Å². The average molecular weight is 771 g/mol. The third kappa shape index (κ3) is 41.2. The molecule has 53 heavy (non-hydrogen) atoms. The van der Waals surface area contributed by atoms with Crippen LogP contribution in [0.5, 0.6) is 0 Å². The molecule has 0 rings (SSSR count). The van der Waals surface area contributed by atoms with Crippen LogP contribution in [0.1, 0.15) is 194 Å². The predicted octanol–water partition coefficient (Wildman–Crippen LogP) is 11.8. The van der Waals surface area contributed by atoms with Gasteiger partial charge in [0.2, 0.25) is 0 Å². The van der Waals surface area contributed by atoms with Crippen LogP contribution in [0.3, 0.4) is 0 Å². The van der Waals surface area contributed by atoms with Crippen LogP contribution in [-0.2, 0) is 28.2 Å². The monoisotopic (exact) mass is 771 g/mol. The number of esters is 2. The number of hydrogen-bond acceptors (Lipinski definition) is 7. The topological polar surface area (TPSA) is 140 Å². The van der Waals surface area contributed by atoms with E-state index in [1.54, 1.807) is 6.08 Å². The van der Waals surface area contributed by atoms with E-state index in [4.69, 9.17) is 19.3 Å². The molecular formula is C43H79O9P. The summed E-state index contributed by atoms with van der Waals surface area (Å²) in [6, 6.07) is 0. The molecular weight excluding hydrogens is 691 g/mol. The Balaban J connectivity index is 3.96. The van der Waals surface area contributed by atoms with Crippen LogP contribution < -0.4 is 0 Å². The van der Waals surface area contributed by atoms with E-state index in [1.165, 1.54) is 83.5 Å². The van der Waals surface area contributed by atoms with Crippen LogP contribution in [0.2, 0.25) is 0 Å². The lowest BCUT2D eigenvalue weighted by Crippen LogP contribution is -2.29. The van der Waals surface area contributed by atoms with Gasteiger partial charge in [-0.1, -0.05) is 186 Å². The minimum absolute atomic E-state index is 0.194. The number of hydrogen-bond donors (Lipinski definition) is 3. The smallest absolute Gasteiger partial charge is 0.462 e. The van der Waals surface area contributed by atoms with Gasteiger partial charge in [0.1, 0.15) is 6.61 Å². The van der Waals surface area contributed by atoms with Gasteiger partial charge >= 0.3 is 19.8 Å². The number of carbonyl (C=O) groups is 2. The normalized spacial score (nSPS) is 13.5. The molecule has 0 radical (unpaired) electrons. The maximum Gasteiger partial charge on any atom is 0.469 e. The number of aliphatic hydroxyl groups excluding tert-OH is 1. The van der Waals surface area contributed by atoms with E-state index < -0.39 is 38.6 Å². The summed E-state index contributed by atoms with van der Waals surface area (Å²) in [4.78, 5) is 42.9. The van der Waals surface area contributed by atoms with Gasteiger partial charge in [-0.3, -0.25) is 14.1 Å². The first kappa shape index (κ1) is 51.2. The Morgan fingerprint density at radius 1 is 0.604 bits per heavy atom. The third-order valence-electron chi connectivity index (χ3n) is 9.21. The fraction of sp³-hybridized carbons (Fsp3) is 0.814. The third-order valence-corrected chi connectivity index (χ3v) is 9.69. The van der Waals surface area contributed by atoms with Crippen molar-refractivity contribution in [2.45, 2.75) is 206 Å². The van der Waals surface area contributed by atoms with E-state index in [0.717, 1.165) is 63.7 Å². The molecule has 0 bridgehead atoms. The predicted molar refractivity (Wildman–Crippen MR) is 217 cm³/mol. The Kier molecular flexibility index (Phi) is 35.9. The molecule has 0 aliphatic carbocycles. The molecule has 0 heterocycles. The zero-order valence-corrected chi connectivity index (χ0v) is 34.8. The number of allylic oxidation sites excluding steroid dienone is 5. The standard InChI is InChI=1S/C43H79O9P/c1-4-5-6-7-18-23-28-33-40(44)34-29-24-21-26-30-35-42(45)50-37-41(38-51-53(47,48)49)52-43(46)36-31-25-20-17-15-13-11-9-8-10-12-14-16-19-22-27-32-39(2)3/h5-6,18,23,28,33,39-41,44H,4,7-17,19-22,24-27,29-32,34-38H2,1-3H3,(H2,47,48,49)/b6-5+,23-18+,33-28+/t40?,41-/m1/s1. The molecule has 0 fully saturated rings. The summed E-state index contributed by atoms with van der Waals surface area (Å²) in [6.07, 6.45) is 38.9. The number of ether oxygens (including phenoxy) is 2. The zero-order chi connectivity index (χ0) is 39.3. The van der Waals surface area contributed by atoms with Gasteiger partial charge in [0.25, 0.3) is 0 Å². The summed E-state index contributed by atoms with van der Waals surface area (Å²) < 4.78 is 26.4. The molecule has 10 heteroatoms. The molecule has 0 amide bonds. The van der Waals surface area contributed by atoms with Crippen LogP contribution in [0.4, 0.5) is 0 Å². The molecule has 0 aromatic carbocycles. The molecule has 0 saturated heterocycles. The minimum atomic E-state index is -4.78. The number of aliphatic hydroxyl groups is 1. The lowest BCUT2D eigenvalue weighted by Gasteiger charge is -2.18. The SMILES string of the molecule is CC/C=C/C/C=C/C=C/C(O)CCCCCCCC(=O)OC[C@H](COP(=O)(O)O)OC(=O)CCCCCCCCCCCCCCCCCCC(C)C. The average Bonchev–Trinajstić information content (AvgIpc) is 3.10. The first-order valence-electron chi connectivity index (χ1n) is 21.2. The van der Waals surface area contributed by atoms with Crippen molar-refractivity contribution in [3.63, 3.8) is 0 Å². The Morgan fingerprint density at radius 3 is 1.57 bits per heavy atom. The molecule has 9 nitrogen and oxygen atoms in total. The number of carbonyl (C=O) groups excluding carboxylic acids is 2. The highest BCUT2D eigenvalue weighted by molar-refractivity contribution is 7.46. The molecule has 0 spiro atoms. The van der Waals surface area contributed by atoms with E-state index in [9.17, 15) is 19.3 Å². The number of unbranched alkanes of at least 4 members (excludes halogenated alkanes) is 19. The van der Waals surface area contributed by atoms with Crippen molar-refractivity contribution in [1.29, 1.82) is 0 Å². The maximum atomic E-state index is 12.4. The summed E-state index contributed by atoms with van der Waals surface area (Å²) in [5.74, 6) is -0.121. The van der Waals surface area contributed by atoms with Gasteiger partial charge in [0.05, 0.1) is 12.7 Å². The molecule has 0 aliphatic heterocycles. The highest BCUT2D eigenvalue weighted by atomic mass is 31.2. The molecule has 0 aliphatic rings. The summed E-state index contributed by atoms with van der Waals surface area (Å²) in [6.45, 7) is 5.83. The van der Waals surface area contributed by atoms with E-state index in [0.29, 0.717) is 19.3 Å². The Morgan fingerprint density at radius 2 is 1.08 bits per heavy atom. The summed E-state index contributed by atoms with van der Waals surface area (Å²) in [5, 5.41) is 10.1. The van der Waals surface area contributed by atoms with Crippen molar-refractivity contribution in [2.24, 2.45) is 5.92 Å². The molecule has 310 valence electrons. The summed E-state index contributed by atoms with van der Waals surface area (Å²) in [5.41, 5.74) is 0. The highest BCUT2D eigenvalue weighted by Gasteiger charge is 2.23. The van der Waals surface area contributed by atoms with Gasteiger partial charge in [-0.05, 0) is 38.0 Å². The van der Waals surface area contributed by atoms with Crippen molar-refractivity contribution in [3.8, 4) is 0 Å². The number of rotatable bonds is 38. The summed E-state index contributed by atoms with van der Waals surface area (Å²) >= 11 is 0. The molecule has 0 saturated carbocycles. The van der Waals surface area contributed by atoms with Crippen LogP contribution in [0.25, 0.3) is 0 Å². The van der Waals surface area contributed by atoms with Gasteiger partial charge in [0, 0.05) is 12.8 Å². The Hall–Kier alpha value is -1.77. The van der Waals surface area contributed by atoms with Crippen LogP contribution in [0.15, 0.2) is 36.5 Å². The van der Waals surface area contributed by atoms with E-state index in [2.05, 4.69) is 37.4 Å². The quantitative estimate of drug-likeness (QED) is 0.0184. The van der Waals surface area contributed by atoms with Crippen LogP contribution in [-0.4, -0.2) is 52.3 Å². The first-order chi connectivity index (χ1) is 25.5. The van der Waals surface area contributed by atoms with Gasteiger partial charge < -0.3 is 24.4 Å². The maximum absolute atomic E-state index is 12.4. The summed E-state index contributed by atoms with van der Waals surface area (Å²) in [7, 11) is -4.78. The fourth-order valence-electron chi connectivity index (χ4n) is 6.04. The van der Waals surface area contributed by atoms with Gasteiger partial charge in [0.15, 0.2) is 6.10 Å². The Labute approximate surface area is 324 Å². The molecule has 1 unspecified atom stereocenters. The van der Waals surface area contributed by atoms with Gasteiger partial charge in [-0.25, -0.2) is 4.57 Å². The Bertz CT molecular complexity index is 988. The van der Waals surface area contributed by atoms with Crippen molar-refractivity contribution in [3.05, 3.63) is 36.5 Å².